The molecule has 5 heteroatoms. The van der Waals surface area contributed by atoms with Crippen molar-refractivity contribution in [2.75, 3.05) is 13.7 Å². The molecule has 5 nitrogen and oxygen atoms in total. The van der Waals surface area contributed by atoms with Gasteiger partial charge in [-0.25, -0.2) is 0 Å². The number of nitrogens with two attached hydrogens (primary N) is 2. The summed E-state index contributed by atoms with van der Waals surface area (Å²) in [5, 5.41) is 7.00. The van der Waals surface area contributed by atoms with Crippen molar-refractivity contribution in [1.82, 2.24) is 0 Å². The fourth-order valence-electron chi connectivity index (χ4n) is 1.01. The predicted molar refractivity (Wildman–Crippen MR) is 152 cm³/mol. The Morgan fingerprint density at radius 3 is 1.21 bits per heavy atom. The number of ketones is 2. The largest absolute Gasteiger partial charge is 0.400 e. The highest BCUT2D eigenvalue weighted by Crippen LogP contribution is 2.01. The molecule has 0 fully saturated rings. The van der Waals surface area contributed by atoms with Crippen LogP contribution in [-0.2, 0) is 16.0 Å². The molecule has 0 saturated heterocycles. The minimum Gasteiger partial charge on any atom is -0.400 e. The Balaban J connectivity index is -0.0000000546. The van der Waals surface area contributed by atoms with E-state index >= 15 is 0 Å². The number of rotatable bonds is 6. The Hall–Kier alpha value is -1.56. The fourth-order valence-corrected chi connectivity index (χ4v) is 1.01. The summed E-state index contributed by atoms with van der Waals surface area (Å²) in [4.78, 5) is 20.5. The second-order valence-corrected chi connectivity index (χ2v) is 5.81. The molecule has 0 aliphatic carbocycles. The summed E-state index contributed by atoms with van der Waals surface area (Å²) in [6, 6.07) is 9.44. The quantitative estimate of drug-likeness (QED) is 0.412. The highest BCUT2D eigenvalue weighted by atomic mass is 16.2. The molecule has 5 N–H and O–H groups in total. The molecule has 1 rings (SSSR count). The number of unbranched alkanes of at least 4 members (excludes halogenated alkanes) is 2. The van der Waals surface area contributed by atoms with E-state index < -0.39 is 0 Å². The predicted octanol–water partition coefficient (Wildman–Crippen LogP) is 6.98. The minimum atomic E-state index is -0.354. The summed E-state index contributed by atoms with van der Waals surface area (Å²) in [6.45, 7) is 23.9. The highest BCUT2D eigenvalue weighted by Gasteiger charge is 2.07. The first-order valence-electron chi connectivity index (χ1n) is 12.7. The van der Waals surface area contributed by atoms with Gasteiger partial charge in [-0.05, 0) is 25.8 Å². The molecular weight excluding hydrogens is 412 g/mol. The van der Waals surface area contributed by atoms with E-state index in [4.69, 9.17) is 16.6 Å². The lowest BCUT2D eigenvalue weighted by Crippen LogP contribution is -2.30. The Morgan fingerprint density at radius 2 is 1.03 bits per heavy atom. The van der Waals surface area contributed by atoms with Gasteiger partial charge >= 0.3 is 0 Å². The average molecular weight is 475 g/mol. The molecule has 0 saturated carbocycles. The third-order valence-electron chi connectivity index (χ3n) is 3.11. The Kier molecular flexibility index (Phi) is 84.8. The van der Waals surface area contributed by atoms with E-state index in [-0.39, 0.29) is 24.2 Å². The summed E-state index contributed by atoms with van der Waals surface area (Å²) < 4.78 is 0. The molecule has 0 aliphatic rings. The van der Waals surface area contributed by atoms with Gasteiger partial charge in [0.15, 0.2) is 0 Å². The maximum absolute atomic E-state index is 10.8. The second kappa shape index (κ2) is 57.4. The molecule has 1 aromatic rings. The van der Waals surface area contributed by atoms with Gasteiger partial charge < -0.3 is 16.6 Å². The maximum atomic E-state index is 10.8. The van der Waals surface area contributed by atoms with Gasteiger partial charge in [-0.2, -0.15) is 0 Å². The molecule has 0 spiro atoms. The van der Waals surface area contributed by atoms with Crippen molar-refractivity contribution in [2.45, 2.75) is 121 Å². The first-order chi connectivity index (χ1) is 15.8. The van der Waals surface area contributed by atoms with Crippen molar-refractivity contribution in [3.8, 4) is 0 Å². The standard InChI is InChI=1S/C10H13NO.2C4H10.C3H7NO.3C2H6.CH4O/c1-8(12)10(11)7-9-5-3-2-4-6-9;2*1-3-4-2;1-3(5)2-4;4*1-2/h2-6,10H,7,11H2,1H3;2*3-4H2,1-2H3;2,4H2,1H3;3*1-2H3;2H,1H3/t10-;;;;;;;/m0......./s1. The summed E-state index contributed by atoms with van der Waals surface area (Å²) in [5.41, 5.74) is 11.5. The zero-order valence-electron chi connectivity index (χ0n) is 24.6. The topological polar surface area (TPSA) is 106 Å². The molecular formula is C28H62N2O3. The molecule has 0 unspecified atom stereocenters. The van der Waals surface area contributed by atoms with Gasteiger partial charge in [0.05, 0.1) is 12.6 Å². The monoisotopic (exact) mass is 474 g/mol. The van der Waals surface area contributed by atoms with Crippen molar-refractivity contribution in [2.24, 2.45) is 11.5 Å². The van der Waals surface area contributed by atoms with Crippen molar-refractivity contribution in [3.63, 3.8) is 0 Å². The van der Waals surface area contributed by atoms with Gasteiger partial charge in [-0.3, -0.25) is 9.59 Å². The van der Waals surface area contributed by atoms with Gasteiger partial charge in [0.1, 0.15) is 11.6 Å². The van der Waals surface area contributed by atoms with E-state index in [0.29, 0.717) is 6.42 Å². The number of Topliss-reactive ketones (excluding diaryl/α,β-unsaturated/α-hetero) is 2. The normalized spacial score (nSPS) is 8.24. The van der Waals surface area contributed by atoms with Crippen LogP contribution in [0.2, 0.25) is 0 Å². The molecule has 0 aliphatic heterocycles. The van der Waals surface area contributed by atoms with E-state index in [9.17, 15) is 9.59 Å². The zero-order valence-corrected chi connectivity index (χ0v) is 24.6. The number of aliphatic hydroxyl groups is 1. The van der Waals surface area contributed by atoms with Gasteiger partial charge in [0, 0.05) is 7.11 Å². The first kappa shape index (κ1) is 48.8. The van der Waals surface area contributed by atoms with Crippen LogP contribution in [0.3, 0.4) is 0 Å². The van der Waals surface area contributed by atoms with Crippen LogP contribution < -0.4 is 11.5 Å². The van der Waals surface area contributed by atoms with E-state index in [1.807, 2.05) is 71.9 Å². The van der Waals surface area contributed by atoms with Crippen LogP contribution in [0, 0.1) is 0 Å². The third-order valence-corrected chi connectivity index (χ3v) is 3.11. The van der Waals surface area contributed by atoms with Crippen molar-refractivity contribution in [3.05, 3.63) is 35.9 Å². The van der Waals surface area contributed by atoms with E-state index in [2.05, 4.69) is 27.7 Å². The van der Waals surface area contributed by atoms with Crippen LogP contribution >= 0.6 is 0 Å². The van der Waals surface area contributed by atoms with Gasteiger partial charge in [-0.1, -0.05) is 125 Å². The molecule has 1 atom stereocenters. The molecule has 0 bridgehead atoms. The van der Waals surface area contributed by atoms with Crippen LogP contribution in [0.1, 0.15) is 114 Å². The van der Waals surface area contributed by atoms with Crippen molar-refractivity contribution in [1.29, 1.82) is 0 Å². The maximum Gasteiger partial charge on any atom is 0.146 e. The molecule has 0 aromatic heterocycles. The number of carbonyl (C=O) groups excluding carboxylic acids is 2. The number of hydrogen-bond donors (Lipinski definition) is 3. The molecule has 0 heterocycles. The lowest BCUT2D eigenvalue weighted by Gasteiger charge is -2.06. The summed E-state index contributed by atoms with van der Waals surface area (Å²) in [5.74, 6) is 0.0730. The Bertz CT molecular complexity index is 403. The fraction of sp³-hybridized carbons (Fsp3) is 0.714. The lowest BCUT2D eigenvalue weighted by molar-refractivity contribution is -0.118. The summed E-state index contributed by atoms with van der Waals surface area (Å²) in [7, 11) is 1.00. The molecule has 0 radical (unpaired) electrons. The van der Waals surface area contributed by atoms with Crippen LogP contribution in [0.5, 0.6) is 0 Å². The smallest absolute Gasteiger partial charge is 0.146 e. The molecule has 33 heavy (non-hydrogen) atoms. The highest BCUT2D eigenvalue weighted by molar-refractivity contribution is 5.81. The number of carbonyl (C=O) groups is 2. The van der Waals surface area contributed by atoms with Crippen LogP contribution in [0.25, 0.3) is 0 Å². The van der Waals surface area contributed by atoms with E-state index in [1.165, 1.54) is 39.5 Å². The third kappa shape index (κ3) is 72.4. The van der Waals surface area contributed by atoms with Gasteiger partial charge in [-0.15, -0.1) is 0 Å². The van der Waals surface area contributed by atoms with Crippen LogP contribution in [-0.4, -0.2) is 36.4 Å². The Labute approximate surface area is 208 Å². The SMILES string of the molecule is CC.CC.CC.CC(=O)CN.CC(=O)[C@@H](N)Cc1ccccc1.CCCC.CCCC.CO. The van der Waals surface area contributed by atoms with Gasteiger partial charge in [0.25, 0.3) is 0 Å². The van der Waals surface area contributed by atoms with Gasteiger partial charge in [0.2, 0.25) is 0 Å². The molecule has 1 aromatic carbocycles. The first-order valence-corrected chi connectivity index (χ1v) is 12.7. The molecule has 0 amide bonds. The lowest BCUT2D eigenvalue weighted by atomic mass is 10.0. The summed E-state index contributed by atoms with van der Waals surface area (Å²) in [6.07, 6.45) is 5.91. The number of aliphatic hydroxyl groups excluding tert-OH is 1. The number of benzene rings is 1. The summed E-state index contributed by atoms with van der Waals surface area (Å²) >= 11 is 0. The van der Waals surface area contributed by atoms with Crippen LogP contribution in [0.15, 0.2) is 30.3 Å². The van der Waals surface area contributed by atoms with E-state index in [0.717, 1.165) is 12.7 Å². The van der Waals surface area contributed by atoms with E-state index in [1.54, 1.807) is 0 Å². The average Bonchev–Trinajstić information content (AvgIpc) is 2.90. The molecule has 202 valence electrons. The van der Waals surface area contributed by atoms with Crippen molar-refractivity contribution < 1.29 is 14.7 Å². The Morgan fingerprint density at radius 1 is 0.758 bits per heavy atom. The second-order valence-electron chi connectivity index (χ2n) is 5.81. The van der Waals surface area contributed by atoms with Crippen molar-refractivity contribution >= 4 is 11.6 Å². The zero-order chi connectivity index (χ0) is 28.1. The number of hydrogen-bond acceptors (Lipinski definition) is 5. The minimum absolute atomic E-state index is 0.0324. The van der Waals surface area contributed by atoms with Crippen LogP contribution in [0.4, 0.5) is 0 Å².